The van der Waals surface area contributed by atoms with Crippen LogP contribution in [0.4, 0.5) is 22.7 Å². The Morgan fingerprint density at radius 2 is 1.47 bits per heavy atom. The van der Waals surface area contributed by atoms with Gasteiger partial charge in [-0.1, -0.05) is 24.3 Å². The highest BCUT2D eigenvalue weighted by Gasteiger charge is 2.21. The van der Waals surface area contributed by atoms with E-state index in [1.165, 1.54) is 6.07 Å². The number of non-ortho nitro benzene ring substituents is 2. The van der Waals surface area contributed by atoms with Gasteiger partial charge in [-0.25, -0.2) is 0 Å². The molecule has 0 radical (unpaired) electrons. The molecule has 0 saturated heterocycles. The number of hydrogen-bond acceptors (Lipinski definition) is 6. The molecule has 0 spiro atoms. The molecule has 10 nitrogen and oxygen atoms in total. The van der Waals surface area contributed by atoms with Gasteiger partial charge in [0.2, 0.25) is 0 Å². The standard InChI is InChI=1S/C22H18N4O6/c1-2-24(18-9-4-3-5-10-18)22(28)15-7-6-8-17(11-15)23-21(27)16-12-19(25(29)30)14-20(13-16)26(31)32/h3-14H,2H2,1H3,(H,23,27). The van der Waals surface area contributed by atoms with E-state index in [2.05, 4.69) is 5.32 Å². The Bertz CT molecular complexity index is 1160. The molecule has 0 fully saturated rings. The Labute approximate surface area is 182 Å². The molecular weight excluding hydrogens is 416 g/mol. The topological polar surface area (TPSA) is 136 Å². The summed E-state index contributed by atoms with van der Waals surface area (Å²) in [6.45, 7) is 2.27. The second kappa shape index (κ2) is 9.47. The quantitative estimate of drug-likeness (QED) is 0.432. The molecule has 3 aromatic carbocycles. The number of carbonyl (C=O) groups excluding carboxylic acids is 2. The normalized spacial score (nSPS) is 10.3. The van der Waals surface area contributed by atoms with Gasteiger partial charge in [0, 0.05) is 35.6 Å². The maximum absolute atomic E-state index is 13.0. The molecule has 0 aliphatic heterocycles. The molecule has 1 N–H and O–H groups in total. The molecule has 10 heteroatoms. The lowest BCUT2D eigenvalue weighted by atomic mass is 10.1. The molecule has 0 atom stereocenters. The summed E-state index contributed by atoms with van der Waals surface area (Å²) in [4.78, 5) is 47.6. The van der Waals surface area contributed by atoms with Gasteiger partial charge in [0.05, 0.1) is 21.5 Å². The molecule has 2 amide bonds. The van der Waals surface area contributed by atoms with Crippen LogP contribution in [0.2, 0.25) is 0 Å². The summed E-state index contributed by atoms with van der Waals surface area (Å²) < 4.78 is 0. The van der Waals surface area contributed by atoms with Gasteiger partial charge < -0.3 is 10.2 Å². The first-order valence-electron chi connectivity index (χ1n) is 9.52. The average molecular weight is 434 g/mol. The predicted octanol–water partition coefficient (Wildman–Crippen LogP) is 4.42. The highest BCUT2D eigenvalue weighted by atomic mass is 16.6. The van der Waals surface area contributed by atoms with E-state index in [0.29, 0.717) is 12.1 Å². The largest absolute Gasteiger partial charge is 0.322 e. The van der Waals surface area contributed by atoms with Crippen LogP contribution in [0, 0.1) is 20.2 Å². The molecule has 0 aliphatic carbocycles. The van der Waals surface area contributed by atoms with Crippen molar-refractivity contribution in [2.24, 2.45) is 0 Å². The van der Waals surface area contributed by atoms with E-state index in [9.17, 15) is 29.8 Å². The number of nitrogens with zero attached hydrogens (tertiary/aromatic N) is 3. The number of rotatable bonds is 7. The van der Waals surface area contributed by atoms with Crippen molar-refractivity contribution in [3.8, 4) is 0 Å². The number of nitrogens with one attached hydrogen (secondary N) is 1. The number of benzene rings is 3. The predicted molar refractivity (Wildman–Crippen MR) is 118 cm³/mol. The van der Waals surface area contributed by atoms with Crippen molar-refractivity contribution in [3.05, 3.63) is 104 Å². The zero-order valence-corrected chi connectivity index (χ0v) is 16.9. The van der Waals surface area contributed by atoms with Crippen molar-refractivity contribution in [1.82, 2.24) is 0 Å². The Hall–Kier alpha value is -4.60. The van der Waals surface area contributed by atoms with Gasteiger partial charge in [0.25, 0.3) is 23.2 Å². The maximum Gasteiger partial charge on any atom is 0.277 e. The molecule has 3 rings (SSSR count). The molecule has 0 unspecified atom stereocenters. The van der Waals surface area contributed by atoms with Gasteiger partial charge in [-0.3, -0.25) is 29.8 Å². The van der Waals surface area contributed by atoms with E-state index < -0.39 is 27.1 Å². The molecule has 3 aromatic rings. The van der Waals surface area contributed by atoms with Crippen molar-refractivity contribution in [2.45, 2.75) is 6.92 Å². The van der Waals surface area contributed by atoms with Gasteiger partial charge in [-0.15, -0.1) is 0 Å². The second-order valence-electron chi connectivity index (χ2n) is 6.67. The molecular formula is C22H18N4O6. The van der Waals surface area contributed by atoms with Gasteiger partial charge in [0.15, 0.2) is 0 Å². The SMILES string of the molecule is CCN(C(=O)c1cccc(NC(=O)c2cc([N+](=O)[O-])cc([N+](=O)[O-])c2)c1)c1ccccc1. The van der Waals surface area contributed by atoms with Crippen molar-refractivity contribution < 1.29 is 19.4 Å². The molecule has 0 aromatic heterocycles. The van der Waals surface area contributed by atoms with Gasteiger partial charge in [-0.2, -0.15) is 0 Å². The molecule has 32 heavy (non-hydrogen) atoms. The third-order valence-electron chi connectivity index (χ3n) is 4.58. The molecule has 0 bridgehead atoms. The van der Waals surface area contributed by atoms with Crippen LogP contribution >= 0.6 is 0 Å². The van der Waals surface area contributed by atoms with Crippen LogP contribution in [-0.2, 0) is 0 Å². The molecule has 0 saturated carbocycles. The number of hydrogen-bond donors (Lipinski definition) is 1. The summed E-state index contributed by atoms with van der Waals surface area (Å²) in [7, 11) is 0. The summed E-state index contributed by atoms with van der Waals surface area (Å²) in [5.41, 5.74) is -0.0949. The van der Waals surface area contributed by atoms with E-state index >= 15 is 0 Å². The summed E-state index contributed by atoms with van der Waals surface area (Å²) >= 11 is 0. The van der Waals surface area contributed by atoms with Crippen LogP contribution < -0.4 is 10.2 Å². The first-order valence-corrected chi connectivity index (χ1v) is 9.52. The smallest absolute Gasteiger partial charge is 0.277 e. The van der Waals surface area contributed by atoms with Crippen LogP contribution in [0.15, 0.2) is 72.8 Å². The van der Waals surface area contributed by atoms with Gasteiger partial charge in [0.1, 0.15) is 0 Å². The maximum atomic E-state index is 13.0. The Morgan fingerprint density at radius 1 is 0.844 bits per heavy atom. The summed E-state index contributed by atoms with van der Waals surface area (Å²) in [6.07, 6.45) is 0. The van der Waals surface area contributed by atoms with Crippen molar-refractivity contribution in [3.63, 3.8) is 0 Å². The van der Waals surface area contributed by atoms with E-state index in [0.717, 1.165) is 23.9 Å². The van der Waals surface area contributed by atoms with E-state index in [-0.39, 0.29) is 17.2 Å². The number of para-hydroxylation sites is 1. The van der Waals surface area contributed by atoms with Crippen molar-refractivity contribution >= 4 is 34.6 Å². The second-order valence-corrected chi connectivity index (χ2v) is 6.67. The first-order chi connectivity index (χ1) is 15.3. The first kappa shape index (κ1) is 22.1. The number of anilines is 2. The fraction of sp³-hybridized carbons (Fsp3) is 0.0909. The van der Waals surface area contributed by atoms with E-state index in [1.54, 1.807) is 23.1 Å². The third-order valence-corrected chi connectivity index (χ3v) is 4.58. The lowest BCUT2D eigenvalue weighted by Crippen LogP contribution is -2.30. The Morgan fingerprint density at radius 3 is 2.03 bits per heavy atom. The lowest BCUT2D eigenvalue weighted by Gasteiger charge is -2.21. The summed E-state index contributed by atoms with van der Waals surface area (Å²) in [5.74, 6) is -1.06. The number of nitro groups is 2. The summed E-state index contributed by atoms with van der Waals surface area (Å²) in [5, 5.41) is 24.6. The lowest BCUT2D eigenvalue weighted by molar-refractivity contribution is -0.394. The van der Waals surface area contributed by atoms with Crippen LogP contribution in [-0.4, -0.2) is 28.2 Å². The molecule has 0 heterocycles. The fourth-order valence-electron chi connectivity index (χ4n) is 3.08. The van der Waals surface area contributed by atoms with Crippen LogP contribution in [0.25, 0.3) is 0 Å². The zero-order valence-electron chi connectivity index (χ0n) is 16.9. The number of amides is 2. The van der Waals surface area contributed by atoms with E-state index in [1.807, 2.05) is 37.3 Å². The number of nitro benzene ring substituents is 2. The number of carbonyl (C=O) groups is 2. The minimum absolute atomic E-state index is 0.248. The third kappa shape index (κ3) is 4.93. The van der Waals surface area contributed by atoms with Gasteiger partial charge in [-0.05, 0) is 37.3 Å². The van der Waals surface area contributed by atoms with Crippen LogP contribution in [0.1, 0.15) is 27.6 Å². The minimum Gasteiger partial charge on any atom is -0.322 e. The van der Waals surface area contributed by atoms with Crippen molar-refractivity contribution in [2.75, 3.05) is 16.8 Å². The molecule has 162 valence electrons. The van der Waals surface area contributed by atoms with E-state index in [4.69, 9.17) is 0 Å². The van der Waals surface area contributed by atoms with Crippen molar-refractivity contribution in [1.29, 1.82) is 0 Å². The highest BCUT2D eigenvalue weighted by Crippen LogP contribution is 2.24. The van der Waals surface area contributed by atoms with Crippen LogP contribution in [0.3, 0.4) is 0 Å². The fourth-order valence-corrected chi connectivity index (χ4v) is 3.08. The molecule has 0 aliphatic rings. The minimum atomic E-state index is -0.814. The average Bonchev–Trinajstić information content (AvgIpc) is 2.80. The Balaban J connectivity index is 1.86. The van der Waals surface area contributed by atoms with Crippen LogP contribution in [0.5, 0.6) is 0 Å². The highest BCUT2D eigenvalue weighted by molar-refractivity contribution is 6.08. The van der Waals surface area contributed by atoms with Gasteiger partial charge >= 0.3 is 0 Å². The zero-order chi connectivity index (χ0) is 23.3. The summed E-state index contributed by atoms with van der Waals surface area (Å²) in [6, 6.07) is 18.0. The Kier molecular flexibility index (Phi) is 6.54. The monoisotopic (exact) mass is 434 g/mol.